The lowest BCUT2D eigenvalue weighted by Crippen LogP contribution is -2.36. The Bertz CT molecular complexity index is 625. The highest BCUT2D eigenvalue weighted by Gasteiger charge is 2.24. The lowest BCUT2D eigenvalue weighted by Gasteiger charge is -2.14. The molecular weight excluding hydrogens is 266 g/mol. The summed E-state index contributed by atoms with van der Waals surface area (Å²) in [6.07, 6.45) is 3.45. The van der Waals surface area contributed by atoms with E-state index in [0.29, 0.717) is 17.9 Å². The van der Waals surface area contributed by atoms with Crippen LogP contribution in [0.15, 0.2) is 23.4 Å². The Kier molecular flexibility index (Phi) is 3.72. The summed E-state index contributed by atoms with van der Waals surface area (Å²) in [6, 6.07) is 1.53. The molecule has 0 aliphatic rings. The SMILES string of the molecule is Cc1n[nH]c(C)c1S(=O)(=O)NC(C)Cn1cccn1. The average molecular weight is 283 g/mol. The third-order valence-corrected chi connectivity index (χ3v) is 4.56. The zero-order chi connectivity index (χ0) is 14.0. The highest BCUT2D eigenvalue weighted by molar-refractivity contribution is 7.89. The minimum atomic E-state index is -3.57. The standard InChI is InChI=1S/C11H17N5O2S/c1-8(7-16-6-4-5-12-16)15-19(17,18)11-9(2)13-14-10(11)3/h4-6,8,15H,7H2,1-3H3,(H,13,14). The minimum absolute atomic E-state index is 0.222. The molecule has 0 spiro atoms. The molecule has 2 aromatic heterocycles. The molecule has 7 nitrogen and oxygen atoms in total. The molecule has 1 atom stereocenters. The van der Waals surface area contributed by atoms with Crippen molar-refractivity contribution in [3.05, 3.63) is 29.8 Å². The van der Waals surface area contributed by atoms with Crippen molar-refractivity contribution in [1.29, 1.82) is 0 Å². The summed E-state index contributed by atoms with van der Waals surface area (Å²) >= 11 is 0. The topological polar surface area (TPSA) is 92.7 Å². The molecule has 2 heterocycles. The fraction of sp³-hybridized carbons (Fsp3) is 0.455. The predicted octanol–water partition coefficient (Wildman–Crippen LogP) is 0.590. The van der Waals surface area contributed by atoms with Gasteiger partial charge in [0.25, 0.3) is 0 Å². The van der Waals surface area contributed by atoms with Gasteiger partial charge in [0.15, 0.2) is 0 Å². The number of aromatic amines is 1. The number of H-pyrrole nitrogens is 1. The van der Waals surface area contributed by atoms with Gasteiger partial charge in [-0.05, 0) is 26.8 Å². The smallest absolute Gasteiger partial charge is 0.244 e. The number of hydrogen-bond donors (Lipinski definition) is 2. The Morgan fingerprint density at radius 3 is 2.74 bits per heavy atom. The molecule has 0 fully saturated rings. The second-order valence-electron chi connectivity index (χ2n) is 4.51. The van der Waals surface area contributed by atoms with Crippen LogP contribution in [0.1, 0.15) is 18.3 Å². The Morgan fingerprint density at radius 1 is 1.47 bits per heavy atom. The molecule has 0 radical (unpaired) electrons. The lowest BCUT2D eigenvalue weighted by molar-refractivity contribution is 0.493. The first-order valence-electron chi connectivity index (χ1n) is 5.91. The molecule has 0 amide bonds. The normalized spacial score (nSPS) is 13.6. The first-order valence-corrected chi connectivity index (χ1v) is 7.40. The van der Waals surface area contributed by atoms with E-state index in [-0.39, 0.29) is 10.9 Å². The maximum Gasteiger partial charge on any atom is 0.244 e. The molecule has 1 unspecified atom stereocenters. The minimum Gasteiger partial charge on any atom is -0.281 e. The molecule has 19 heavy (non-hydrogen) atoms. The number of aromatic nitrogens is 4. The quantitative estimate of drug-likeness (QED) is 0.840. The van der Waals surface area contributed by atoms with E-state index in [1.807, 2.05) is 0 Å². The second kappa shape index (κ2) is 5.14. The first-order chi connectivity index (χ1) is 8.90. The van der Waals surface area contributed by atoms with E-state index in [0.717, 1.165) is 0 Å². The third kappa shape index (κ3) is 3.02. The van der Waals surface area contributed by atoms with E-state index in [1.54, 1.807) is 43.9 Å². The number of nitrogens with one attached hydrogen (secondary N) is 2. The number of nitrogens with zero attached hydrogens (tertiary/aromatic N) is 3. The van der Waals surface area contributed by atoms with E-state index in [2.05, 4.69) is 20.0 Å². The zero-order valence-electron chi connectivity index (χ0n) is 11.1. The van der Waals surface area contributed by atoms with Crippen LogP contribution in [-0.4, -0.2) is 34.4 Å². The number of rotatable bonds is 5. The van der Waals surface area contributed by atoms with Crippen molar-refractivity contribution < 1.29 is 8.42 Å². The summed E-state index contributed by atoms with van der Waals surface area (Å²) in [5.41, 5.74) is 1.01. The van der Waals surface area contributed by atoms with E-state index in [1.165, 1.54) is 0 Å². The number of aryl methyl sites for hydroxylation is 2. The van der Waals surface area contributed by atoms with Crippen LogP contribution in [0.3, 0.4) is 0 Å². The van der Waals surface area contributed by atoms with Crippen LogP contribution in [0.5, 0.6) is 0 Å². The number of hydrogen-bond acceptors (Lipinski definition) is 4. The summed E-state index contributed by atoms with van der Waals surface area (Å²) in [5.74, 6) is 0. The summed E-state index contributed by atoms with van der Waals surface area (Å²) in [6.45, 7) is 5.62. The Balaban J connectivity index is 2.13. The Hall–Kier alpha value is -1.67. The van der Waals surface area contributed by atoms with E-state index in [4.69, 9.17) is 0 Å². The molecule has 0 bridgehead atoms. The molecule has 0 aliphatic heterocycles. The summed E-state index contributed by atoms with van der Waals surface area (Å²) in [4.78, 5) is 0.222. The van der Waals surface area contributed by atoms with Crippen LogP contribution >= 0.6 is 0 Å². The largest absolute Gasteiger partial charge is 0.281 e. The third-order valence-electron chi connectivity index (χ3n) is 2.71. The molecule has 2 N–H and O–H groups in total. The summed E-state index contributed by atoms with van der Waals surface area (Å²) < 4.78 is 28.9. The Morgan fingerprint density at radius 2 is 2.21 bits per heavy atom. The second-order valence-corrected chi connectivity index (χ2v) is 6.16. The van der Waals surface area contributed by atoms with Gasteiger partial charge in [-0.2, -0.15) is 10.2 Å². The van der Waals surface area contributed by atoms with Crippen molar-refractivity contribution in [2.24, 2.45) is 0 Å². The van der Waals surface area contributed by atoms with Gasteiger partial charge >= 0.3 is 0 Å². The maximum absolute atomic E-state index is 12.3. The van der Waals surface area contributed by atoms with Crippen molar-refractivity contribution >= 4 is 10.0 Å². The highest BCUT2D eigenvalue weighted by atomic mass is 32.2. The molecule has 2 rings (SSSR count). The van der Waals surface area contributed by atoms with Gasteiger partial charge in [0, 0.05) is 18.4 Å². The van der Waals surface area contributed by atoms with Crippen LogP contribution < -0.4 is 4.72 Å². The monoisotopic (exact) mass is 283 g/mol. The van der Waals surface area contributed by atoms with Gasteiger partial charge in [0.1, 0.15) is 4.90 Å². The van der Waals surface area contributed by atoms with Crippen molar-refractivity contribution in [2.45, 2.75) is 38.3 Å². The van der Waals surface area contributed by atoms with Crippen LogP contribution in [0.4, 0.5) is 0 Å². The van der Waals surface area contributed by atoms with Crippen LogP contribution in [0.25, 0.3) is 0 Å². The van der Waals surface area contributed by atoms with Crippen molar-refractivity contribution in [1.82, 2.24) is 24.7 Å². The van der Waals surface area contributed by atoms with Crippen molar-refractivity contribution in [2.75, 3.05) is 0 Å². The van der Waals surface area contributed by atoms with E-state index in [9.17, 15) is 8.42 Å². The van der Waals surface area contributed by atoms with Gasteiger partial charge in [-0.3, -0.25) is 9.78 Å². The van der Waals surface area contributed by atoms with Gasteiger partial charge in [0.05, 0.1) is 17.9 Å². The Labute approximate surface area is 112 Å². The summed E-state index contributed by atoms with van der Waals surface area (Å²) in [5, 5.41) is 10.6. The van der Waals surface area contributed by atoms with Gasteiger partial charge in [-0.25, -0.2) is 13.1 Å². The van der Waals surface area contributed by atoms with Crippen LogP contribution in [-0.2, 0) is 16.6 Å². The summed E-state index contributed by atoms with van der Waals surface area (Å²) in [7, 11) is -3.57. The lowest BCUT2D eigenvalue weighted by atomic mass is 10.4. The van der Waals surface area contributed by atoms with Crippen LogP contribution in [0, 0.1) is 13.8 Å². The fourth-order valence-corrected chi connectivity index (χ4v) is 3.59. The zero-order valence-corrected chi connectivity index (χ0v) is 11.9. The molecular formula is C11H17N5O2S. The first kappa shape index (κ1) is 13.8. The molecule has 0 saturated heterocycles. The van der Waals surface area contributed by atoms with Gasteiger partial charge < -0.3 is 0 Å². The van der Waals surface area contributed by atoms with Gasteiger partial charge in [-0.1, -0.05) is 0 Å². The molecule has 104 valence electrons. The highest BCUT2D eigenvalue weighted by Crippen LogP contribution is 2.16. The molecule has 8 heteroatoms. The van der Waals surface area contributed by atoms with Crippen LogP contribution in [0.2, 0.25) is 0 Å². The molecule has 0 aromatic carbocycles. The predicted molar refractivity (Wildman–Crippen MR) is 70.1 cm³/mol. The van der Waals surface area contributed by atoms with E-state index < -0.39 is 10.0 Å². The van der Waals surface area contributed by atoms with Crippen molar-refractivity contribution in [3.8, 4) is 0 Å². The number of sulfonamides is 1. The van der Waals surface area contributed by atoms with Crippen molar-refractivity contribution in [3.63, 3.8) is 0 Å². The van der Waals surface area contributed by atoms with Gasteiger partial charge in [-0.15, -0.1) is 0 Å². The fourth-order valence-electron chi connectivity index (χ4n) is 1.99. The van der Waals surface area contributed by atoms with E-state index >= 15 is 0 Å². The van der Waals surface area contributed by atoms with Gasteiger partial charge in [0.2, 0.25) is 10.0 Å². The molecule has 0 saturated carbocycles. The average Bonchev–Trinajstić information content (AvgIpc) is 2.88. The maximum atomic E-state index is 12.3. The molecule has 0 aliphatic carbocycles. The molecule has 2 aromatic rings.